The van der Waals surface area contributed by atoms with Crippen molar-refractivity contribution in [2.75, 3.05) is 6.54 Å². The molecule has 0 heterocycles. The van der Waals surface area contributed by atoms with E-state index in [1.807, 2.05) is 20.8 Å². The van der Waals surface area contributed by atoms with Gasteiger partial charge in [-0.3, -0.25) is 0 Å². The first kappa shape index (κ1) is 11.3. The number of benzene rings is 1. The molecule has 0 spiro atoms. The maximum Gasteiger partial charge on any atom is 0.122 e. The number of hydrogen-bond donors (Lipinski definition) is 2. The van der Waals surface area contributed by atoms with Gasteiger partial charge in [0.15, 0.2) is 0 Å². The molecule has 2 nitrogen and oxygen atoms in total. The van der Waals surface area contributed by atoms with Crippen LogP contribution in [0.15, 0.2) is 6.07 Å². The van der Waals surface area contributed by atoms with E-state index < -0.39 is 0 Å². The predicted octanol–water partition coefficient (Wildman–Crippen LogP) is 2.72. The number of nitrogens with two attached hydrogens (primary N) is 1. The van der Waals surface area contributed by atoms with Crippen molar-refractivity contribution >= 4 is 11.6 Å². The fraction of sp³-hybridized carbons (Fsp3) is 0.455. The van der Waals surface area contributed by atoms with E-state index in [1.165, 1.54) is 0 Å². The minimum Gasteiger partial charge on any atom is -0.507 e. The van der Waals surface area contributed by atoms with Crippen LogP contribution < -0.4 is 5.73 Å². The third-order valence-electron chi connectivity index (χ3n) is 2.72. The Balaban J connectivity index is 3.33. The molecule has 3 heteroatoms. The Bertz CT molecular complexity index is 350. The molecule has 0 aliphatic heterocycles. The predicted molar refractivity (Wildman–Crippen MR) is 60.1 cm³/mol. The molecule has 0 bridgehead atoms. The van der Waals surface area contributed by atoms with Crippen molar-refractivity contribution in [3.05, 3.63) is 27.8 Å². The Kier molecular flexibility index (Phi) is 3.40. The highest BCUT2D eigenvalue weighted by molar-refractivity contribution is 6.31. The summed E-state index contributed by atoms with van der Waals surface area (Å²) in [5.41, 5.74) is 8.16. The van der Waals surface area contributed by atoms with Crippen LogP contribution in [0.4, 0.5) is 0 Å². The number of rotatable bonds is 2. The van der Waals surface area contributed by atoms with Gasteiger partial charge in [0.25, 0.3) is 0 Å². The van der Waals surface area contributed by atoms with Gasteiger partial charge in [-0.25, -0.2) is 0 Å². The fourth-order valence-corrected chi connectivity index (χ4v) is 1.65. The van der Waals surface area contributed by atoms with Crippen molar-refractivity contribution in [1.29, 1.82) is 0 Å². The van der Waals surface area contributed by atoms with Crippen molar-refractivity contribution in [2.45, 2.75) is 26.7 Å². The fourth-order valence-electron chi connectivity index (χ4n) is 1.39. The molecule has 0 saturated heterocycles. The van der Waals surface area contributed by atoms with Crippen LogP contribution in [0.5, 0.6) is 5.75 Å². The molecule has 0 saturated carbocycles. The molecule has 0 aromatic heterocycles. The minimum absolute atomic E-state index is 0.131. The SMILES string of the molecule is Cc1c(Cl)cc(C(C)CN)c(O)c1C. The van der Waals surface area contributed by atoms with E-state index >= 15 is 0 Å². The molecule has 1 rings (SSSR count). The molecule has 1 aromatic rings. The Morgan fingerprint density at radius 1 is 1.43 bits per heavy atom. The third-order valence-corrected chi connectivity index (χ3v) is 3.11. The zero-order valence-electron chi connectivity index (χ0n) is 8.76. The zero-order chi connectivity index (χ0) is 10.9. The van der Waals surface area contributed by atoms with Gasteiger partial charge in [0.1, 0.15) is 5.75 Å². The van der Waals surface area contributed by atoms with Crippen molar-refractivity contribution < 1.29 is 5.11 Å². The van der Waals surface area contributed by atoms with Crippen molar-refractivity contribution in [3.8, 4) is 5.75 Å². The second kappa shape index (κ2) is 4.20. The first-order valence-electron chi connectivity index (χ1n) is 4.67. The lowest BCUT2D eigenvalue weighted by Crippen LogP contribution is -2.09. The largest absolute Gasteiger partial charge is 0.507 e. The average Bonchev–Trinajstić information content (AvgIpc) is 2.19. The highest BCUT2D eigenvalue weighted by Crippen LogP contribution is 2.34. The molecule has 1 aromatic carbocycles. The molecule has 78 valence electrons. The molecule has 1 atom stereocenters. The van der Waals surface area contributed by atoms with Crippen LogP contribution in [0.1, 0.15) is 29.5 Å². The molecule has 0 aliphatic rings. The summed E-state index contributed by atoms with van der Waals surface area (Å²) < 4.78 is 0. The van der Waals surface area contributed by atoms with E-state index in [4.69, 9.17) is 17.3 Å². The number of hydrogen-bond acceptors (Lipinski definition) is 2. The lowest BCUT2D eigenvalue weighted by Gasteiger charge is -2.15. The lowest BCUT2D eigenvalue weighted by atomic mass is 9.95. The Labute approximate surface area is 89.7 Å². The van der Waals surface area contributed by atoms with Crippen LogP contribution in [0.25, 0.3) is 0 Å². The summed E-state index contributed by atoms with van der Waals surface area (Å²) in [7, 11) is 0. The van der Waals surface area contributed by atoms with Crippen LogP contribution in [0, 0.1) is 13.8 Å². The first-order valence-corrected chi connectivity index (χ1v) is 5.05. The van der Waals surface area contributed by atoms with E-state index in [-0.39, 0.29) is 5.92 Å². The second-order valence-electron chi connectivity index (χ2n) is 3.68. The monoisotopic (exact) mass is 213 g/mol. The van der Waals surface area contributed by atoms with Gasteiger partial charge < -0.3 is 10.8 Å². The van der Waals surface area contributed by atoms with Crippen molar-refractivity contribution in [1.82, 2.24) is 0 Å². The van der Waals surface area contributed by atoms with Crippen molar-refractivity contribution in [2.24, 2.45) is 5.73 Å². The number of phenols is 1. The van der Waals surface area contributed by atoms with Crippen molar-refractivity contribution in [3.63, 3.8) is 0 Å². The van der Waals surface area contributed by atoms with Crippen LogP contribution in [0.2, 0.25) is 5.02 Å². The van der Waals surface area contributed by atoms with Crippen LogP contribution in [0.3, 0.4) is 0 Å². The maximum atomic E-state index is 9.89. The van der Waals surface area contributed by atoms with E-state index in [0.717, 1.165) is 16.7 Å². The zero-order valence-corrected chi connectivity index (χ0v) is 9.52. The average molecular weight is 214 g/mol. The molecule has 0 aliphatic carbocycles. The van der Waals surface area contributed by atoms with Gasteiger partial charge in [0.2, 0.25) is 0 Å². The number of halogens is 1. The summed E-state index contributed by atoms with van der Waals surface area (Å²) in [6, 6.07) is 1.80. The van der Waals surface area contributed by atoms with Gasteiger partial charge in [0, 0.05) is 5.02 Å². The van der Waals surface area contributed by atoms with Gasteiger partial charge in [-0.2, -0.15) is 0 Å². The van der Waals surface area contributed by atoms with Gasteiger partial charge in [-0.15, -0.1) is 0 Å². The molecule has 1 unspecified atom stereocenters. The summed E-state index contributed by atoms with van der Waals surface area (Å²) >= 11 is 6.04. The standard InChI is InChI=1S/C11H16ClNO/c1-6(5-13)9-4-10(12)7(2)8(3)11(9)14/h4,6,14H,5,13H2,1-3H3. The quantitative estimate of drug-likeness (QED) is 0.794. The Hall–Kier alpha value is -0.730. The highest BCUT2D eigenvalue weighted by atomic mass is 35.5. The normalized spacial score (nSPS) is 12.9. The Morgan fingerprint density at radius 3 is 2.50 bits per heavy atom. The third kappa shape index (κ3) is 1.86. The van der Waals surface area contributed by atoms with E-state index in [1.54, 1.807) is 6.07 Å². The smallest absolute Gasteiger partial charge is 0.122 e. The summed E-state index contributed by atoms with van der Waals surface area (Å²) in [6.45, 7) is 6.24. The molecule has 0 radical (unpaired) electrons. The van der Waals surface area contributed by atoms with Gasteiger partial charge in [-0.05, 0) is 49.1 Å². The van der Waals surface area contributed by atoms with Crippen LogP contribution in [-0.2, 0) is 0 Å². The minimum atomic E-state index is 0.131. The lowest BCUT2D eigenvalue weighted by molar-refractivity contribution is 0.458. The molecular weight excluding hydrogens is 198 g/mol. The molecule has 14 heavy (non-hydrogen) atoms. The van der Waals surface area contributed by atoms with E-state index in [2.05, 4.69) is 0 Å². The molecule has 3 N–H and O–H groups in total. The maximum absolute atomic E-state index is 9.89. The van der Waals surface area contributed by atoms with Crippen LogP contribution in [-0.4, -0.2) is 11.7 Å². The Morgan fingerprint density at radius 2 is 2.00 bits per heavy atom. The van der Waals surface area contributed by atoms with Crippen LogP contribution >= 0.6 is 11.6 Å². The molecule has 0 fully saturated rings. The summed E-state index contributed by atoms with van der Waals surface area (Å²) in [5.74, 6) is 0.455. The number of aromatic hydroxyl groups is 1. The van der Waals surface area contributed by atoms with Gasteiger partial charge >= 0.3 is 0 Å². The van der Waals surface area contributed by atoms with E-state index in [9.17, 15) is 5.11 Å². The van der Waals surface area contributed by atoms with E-state index in [0.29, 0.717) is 17.3 Å². The summed E-state index contributed by atoms with van der Waals surface area (Å²) in [6.07, 6.45) is 0. The first-order chi connectivity index (χ1) is 6.49. The summed E-state index contributed by atoms with van der Waals surface area (Å²) in [5, 5.41) is 10.6. The van der Waals surface area contributed by atoms with Gasteiger partial charge in [-0.1, -0.05) is 18.5 Å². The molecular formula is C11H16ClNO. The number of phenolic OH excluding ortho intramolecular Hbond substituents is 1. The second-order valence-corrected chi connectivity index (χ2v) is 4.09. The topological polar surface area (TPSA) is 46.2 Å². The highest BCUT2D eigenvalue weighted by Gasteiger charge is 2.14. The molecule has 0 amide bonds. The summed E-state index contributed by atoms with van der Waals surface area (Å²) in [4.78, 5) is 0. The van der Waals surface area contributed by atoms with Gasteiger partial charge in [0.05, 0.1) is 0 Å².